The Kier molecular flexibility index (Phi) is 6.33. The van der Waals surface area contributed by atoms with E-state index < -0.39 is 6.36 Å². The average Bonchev–Trinajstić information content (AvgIpc) is 2.32. The molecule has 6 heteroatoms. The van der Waals surface area contributed by atoms with Crippen LogP contribution in [0.15, 0.2) is 24.3 Å². The Balaban J connectivity index is 2.21. The summed E-state index contributed by atoms with van der Waals surface area (Å²) in [7, 11) is 0. The van der Waals surface area contributed by atoms with Crippen LogP contribution in [0.3, 0.4) is 0 Å². The molecule has 0 aromatic heterocycles. The van der Waals surface area contributed by atoms with Crippen molar-refractivity contribution in [1.82, 2.24) is 5.32 Å². The molecule has 0 amide bonds. The predicted molar refractivity (Wildman–Crippen MR) is 75.6 cm³/mol. The molecule has 21 heavy (non-hydrogen) atoms. The molecule has 1 aromatic carbocycles. The molecular formula is C15H22F3NO2. The first-order chi connectivity index (χ1) is 9.66. The molecule has 3 nitrogen and oxygen atoms in total. The standard InChI is InChI=1S/C15H22F3NO2/c1-14(2,3)8-9-19-10-11-20-12-4-6-13(7-5-12)21-15(16,17)18/h4-7,19H,8-11H2,1-3H3. The van der Waals surface area contributed by atoms with Crippen molar-refractivity contribution in [3.63, 3.8) is 0 Å². The maximum absolute atomic E-state index is 12.0. The molecule has 1 N–H and O–H groups in total. The second kappa shape index (κ2) is 7.54. The van der Waals surface area contributed by atoms with E-state index in [2.05, 4.69) is 30.8 Å². The van der Waals surface area contributed by atoms with E-state index in [1.54, 1.807) is 0 Å². The minimum atomic E-state index is -4.67. The number of hydrogen-bond acceptors (Lipinski definition) is 3. The van der Waals surface area contributed by atoms with Crippen LogP contribution in [0.25, 0.3) is 0 Å². The van der Waals surface area contributed by atoms with Gasteiger partial charge in [-0.2, -0.15) is 0 Å². The lowest BCUT2D eigenvalue weighted by atomic mass is 9.92. The van der Waals surface area contributed by atoms with Gasteiger partial charge in [0.15, 0.2) is 0 Å². The van der Waals surface area contributed by atoms with Crippen molar-refractivity contribution >= 4 is 0 Å². The Morgan fingerprint density at radius 1 is 0.952 bits per heavy atom. The maximum atomic E-state index is 12.0. The van der Waals surface area contributed by atoms with Crippen LogP contribution in [0.5, 0.6) is 11.5 Å². The van der Waals surface area contributed by atoms with Gasteiger partial charge in [-0.15, -0.1) is 13.2 Å². The zero-order valence-electron chi connectivity index (χ0n) is 12.6. The topological polar surface area (TPSA) is 30.5 Å². The van der Waals surface area contributed by atoms with Crippen LogP contribution in [-0.2, 0) is 0 Å². The SMILES string of the molecule is CC(C)(C)CCNCCOc1ccc(OC(F)(F)F)cc1. The number of hydrogen-bond donors (Lipinski definition) is 1. The predicted octanol–water partition coefficient (Wildman–Crippen LogP) is 3.99. The molecule has 0 fully saturated rings. The third-order valence-electron chi connectivity index (χ3n) is 2.66. The fourth-order valence-corrected chi connectivity index (χ4v) is 1.57. The second-order valence-corrected chi connectivity index (χ2v) is 5.93. The van der Waals surface area contributed by atoms with Gasteiger partial charge in [0.2, 0.25) is 0 Å². The lowest BCUT2D eigenvalue weighted by Gasteiger charge is -2.18. The van der Waals surface area contributed by atoms with E-state index in [9.17, 15) is 13.2 Å². The molecule has 0 aliphatic rings. The van der Waals surface area contributed by atoms with Crippen molar-refractivity contribution < 1.29 is 22.6 Å². The molecule has 0 atom stereocenters. The van der Waals surface area contributed by atoms with E-state index in [-0.39, 0.29) is 5.75 Å². The Hall–Kier alpha value is -1.43. The molecule has 0 saturated carbocycles. The Bertz CT molecular complexity index is 410. The van der Waals surface area contributed by atoms with E-state index in [1.807, 2.05) is 0 Å². The molecule has 120 valence electrons. The molecule has 1 aromatic rings. The van der Waals surface area contributed by atoms with Gasteiger partial charge in [-0.1, -0.05) is 20.8 Å². The van der Waals surface area contributed by atoms with Crippen molar-refractivity contribution in [3.8, 4) is 11.5 Å². The van der Waals surface area contributed by atoms with Gasteiger partial charge in [-0.3, -0.25) is 0 Å². The summed E-state index contributed by atoms with van der Waals surface area (Å²) in [6.07, 6.45) is -3.60. The first-order valence-corrected chi connectivity index (χ1v) is 6.85. The van der Waals surface area contributed by atoms with Gasteiger partial charge in [0, 0.05) is 6.54 Å². The number of halogens is 3. The van der Waals surface area contributed by atoms with E-state index in [4.69, 9.17) is 4.74 Å². The van der Waals surface area contributed by atoms with Gasteiger partial charge in [-0.25, -0.2) is 0 Å². The van der Waals surface area contributed by atoms with Gasteiger partial charge < -0.3 is 14.8 Å². The first kappa shape index (κ1) is 17.6. The van der Waals surface area contributed by atoms with E-state index in [0.29, 0.717) is 24.3 Å². The molecule has 0 heterocycles. The summed E-state index contributed by atoms with van der Waals surface area (Å²) in [5.41, 5.74) is 0.294. The lowest BCUT2D eigenvalue weighted by Crippen LogP contribution is -2.25. The lowest BCUT2D eigenvalue weighted by molar-refractivity contribution is -0.274. The summed E-state index contributed by atoms with van der Waals surface area (Å²) in [5.74, 6) is 0.264. The van der Waals surface area contributed by atoms with Crippen LogP contribution in [0.1, 0.15) is 27.2 Å². The van der Waals surface area contributed by atoms with Gasteiger partial charge in [0.1, 0.15) is 18.1 Å². The molecule has 0 aliphatic heterocycles. The molecule has 0 aliphatic carbocycles. The summed E-state index contributed by atoms with van der Waals surface area (Å²) in [6, 6.07) is 5.37. The monoisotopic (exact) mass is 305 g/mol. The average molecular weight is 305 g/mol. The van der Waals surface area contributed by atoms with Crippen molar-refractivity contribution in [1.29, 1.82) is 0 Å². The zero-order chi connectivity index (χ0) is 15.9. The smallest absolute Gasteiger partial charge is 0.492 e. The fourth-order valence-electron chi connectivity index (χ4n) is 1.57. The van der Waals surface area contributed by atoms with E-state index in [1.165, 1.54) is 24.3 Å². The summed E-state index contributed by atoms with van der Waals surface area (Å²) in [5, 5.41) is 3.26. The third kappa shape index (κ3) is 9.18. The van der Waals surface area contributed by atoms with E-state index >= 15 is 0 Å². The summed E-state index contributed by atoms with van der Waals surface area (Å²) in [4.78, 5) is 0. The van der Waals surface area contributed by atoms with Gasteiger partial charge in [0.25, 0.3) is 0 Å². The molecule has 0 unspecified atom stereocenters. The van der Waals surface area contributed by atoms with Crippen LogP contribution < -0.4 is 14.8 Å². The number of nitrogens with one attached hydrogen (secondary N) is 1. The first-order valence-electron chi connectivity index (χ1n) is 6.85. The summed E-state index contributed by atoms with van der Waals surface area (Å²) >= 11 is 0. The highest BCUT2D eigenvalue weighted by atomic mass is 19.4. The number of benzene rings is 1. The highest BCUT2D eigenvalue weighted by Gasteiger charge is 2.30. The van der Waals surface area contributed by atoms with Crippen LogP contribution in [0.2, 0.25) is 0 Å². The number of ether oxygens (including phenoxy) is 2. The summed E-state index contributed by atoms with van der Waals surface area (Å²) in [6.45, 7) is 8.59. The van der Waals surface area contributed by atoms with Crippen molar-refractivity contribution in [2.24, 2.45) is 5.41 Å². The highest BCUT2D eigenvalue weighted by Crippen LogP contribution is 2.24. The van der Waals surface area contributed by atoms with Crippen LogP contribution >= 0.6 is 0 Å². The van der Waals surface area contributed by atoms with Crippen molar-refractivity contribution in [2.45, 2.75) is 33.6 Å². The molecule has 0 radical (unpaired) electrons. The van der Waals surface area contributed by atoms with Gasteiger partial charge in [0.05, 0.1) is 0 Å². The normalized spacial score (nSPS) is 12.3. The fraction of sp³-hybridized carbons (Fsp3) is 0.600. The van der Waals surface area contributed by atoms with Crippen molar-refractivity contribution in [3.05, 3.63) is 24.3 Å². The van der Waals surface area contributed by atoms with Crippen LogP contribution in [0, 0.1) is 5.41 Å². The Morgan fingerprint density at radius 3 is 2.05 bits per heavy atom. The minimum Gasteiger partial charge on any atom is -0.492 e. The molecule has 1 rings (SSSR count). The molecule has 0 spiro atoms. The quantitative estimate of drug-likeness (QED) is 0.773. The highest BCUT2D eigenvalue weighted by molar-refractivity contribution is 5.31. The second-order valence-electron chi connectivity index (χ2n) is 5.93. The number of rotatable bonds is 7. The maximum Gasteiger partial charge on any atom is 0.573 e. The minimum absolute atomic E-state index is 0.252. The van der Waals surface area contributed by atoms with Crippen LogP contribution in [-0.4, -0.2) is 26.1 Å². The van der Waals surface area contributed by atoms with Crippen LogP contribution in [0.4, 0.5) is 13.2 Å². The molecule has 0 bridgehead atoms. The Morgan fingerprint density at radius 2 is 1.52 bits per heavy atom. The number of alkyl halides is 3. The van der Waals surface area contributed by atoms with Gasteiger partial charge >= 0.3 is 6.36 Å². The van der Waals surface area contributed by atoms with Gasteiger partial charge in [-0.05, 0) is 42.6 Å². The van der Waals surface area contributed by atoms with Crippen molar-refractivity contribution in [2.75, 3.05) is 19.7 Å². The third-order valence-corrected chi connectivity index (χ3v) is 2.66. The molecule has 0 saturated heterocycles. The zero-order valence-corrected chi connectivity index (χ0v) is 12.6. The van der Waals surface area contributed by atoms with E-state index in [0.717, 1.165) is 13.0 Å². The Labute approximate surface area is 123 Å². The largest absolute Gasteiger partial charge is 0.573 e. The molecular weight excluding hydrogens is 283 g/mol. The summed E-state index contributed by atoms with van der Waals surface area (Å²) < 4.78 is 45.2.